The summed E-state index contributed by atoms with van der Waals surface area (Å²) in [5, 5.41) is 4.07. The molecular formula is C23H30N2O3S. The number of nitrogens with two attached hydrogens (primary N) is 1. The number of aryl methyl sites for hydroxylation is 1. The first-order chi connectivity index (χ1) is 13.8. The van der Waals surface area contributed by atoms with E-state index in [0.717, 1.165) is 5.56 Å². The van der Waals surface area contributed by atoms with E-state index in [2.05, 4.69) is 5.32 Å². The van der Waals surface area contributed by atoms with Crippen molar-refractivity contribution in [1.82, 2.24) is 5.32 Å². The van der Waals surface area contributed by atoms with Crippen molar-refractivity contribution in [2.24, 2.45) is 11.7 Å². The molecule has 0 aliphatic heterocycles. The van der Waals surface area contributed by atoms with Crippen molar-refractivity contribution in [3.63, 3.8) is 0 Å². The van der Waals surface area contributed by atoms with E-state index >= 15 is 0 Å². The zero-order chi connectivity index (χ0) is 21.3. The van der Waals surface area contributed by atoms with E-state index in [-0.39, 0.29) is 10.8 Å². The number of sulfone groups is 1. The smallest absolute Gasteiger partial charge is 0.237 e. The lowest BCUT2D eigenvalue weighted by Crippen LogP contribution is -2.45. The van der Waals surface area contributed by atoms with Gasteiger partial charge in [-0.3, -0.25) is 4.79 Å². The molecule has 2 atom stereocenters. The SMILES string of the molecule is CC(C)CC(N)C(=O)NC(C=CS(=O)(=O)c1ccccc1)CCc1ccccc1. The zero-order valence-electron chi connectivity index (χ0n) is 17.0. The van der Waals surface area contributed by atoms with Crippen LogP contribution in [0.2, 0.25) is 0 Å². The van der Waals surface area contributed by atoms with Gasteiger partial charge < -0.3 is 11.1 Å². The van der Waals surface area contributed by atoms with Crippen LogP contribution in [-0.4, -0.2) is 26.4 Å². The molecule has 2 aromatic rings. The Morgan fingerprint density at radius 1 is 1.03 bits per heavy atom. The molecule has 0 bridgehead atoms. The maximum atomic E-state index is 12.6. The predicted molar refractivity (Wildman–Crippen MR) is 117 cm³/mol. The monoisotopic (exact) mass is 414 g/mol. The lowest BCUT2D eigenvalue weighted by Gasteiger charge is -2.19. The third-order valence-electron chi connectivity index (χ3n) is 4.54. The van der Waals surface area contributed by atoms with Gasteiger partial charge in [-0.05, 0) is 42.9 Å². The highest BCUT2D eigenvalue weighted by Crippen LogP contribution is 2.13. The average Bonchev–Trinajstić information content (AvgIpc) is 2.71. The first kappa shape index (κ1) is 22.8. The Balaban J connectivity index is 2.13. The minimum absolute atomic E-state index is 0.223. The highest BCUT2D eigenvalue weighted by molar-refractivity contribution is 7.94. The van der Waals surface area contributed by atoms with Gasteiger partial charge in [-0.15, -0.1) is 0 Å². The number of nitrogens with one attached hydrogen (secondary N) is 1. The van der Waals surface area contributed by atoms with Gasteiger partial charge in [-0.2, -0.15) is 0 Å². The number of carbonyl (C=O) groups is 1. The molecule has 1 amide bonds. The molecule has 29 heavy (non-hydrogen) atoms. The molecule has 0 aromatic heterocycles. The van der Waals surface area contributed by atoms with Crippen molar-refractivity contribution >= 4 is 15.7 Å². The van der Waals surface area contributed by atoms with Gasteiger partial charge in [0.25, 0.3) is 0 Å². The summed E-state index contributed by atoms with van der Waals surface area (Å²) < 4.78 is 25.1. The summed E-state index contributed by atoms with van der Waals surface area (Å²) >= 11 is 0. The topological polar surface area (TPSA) is 89.3 Å². The van der Waals surface area contributed by atoms with Gasteiger partial charge in [0, 0.05) is 11.4 Å². The Morgan fingerprint density at radius 2 is 1.62 bits per heavy atom. The molecule has 0 fully saturated rings. The maximum Gasteiger partial charge on any atom is 0.237 e. The van der Waals surface area contributed by atoms with Crippen LogP contribution < -0.4 is 11.1 Å². The Kier molecular flexibility index (Phi) is 8.61. The van der Waals surface area contributed by atoms with E-state index in [9.17, 15) is 13.2 Å². The van der Waals surface area contributed by atoms with Crippen LogP contribution in [0, 0.1) is 5.92 Å². The van der Waals surface area contributed by atoms with Crippen LogP contribution in [0.15, 0.2) is 77.0 Å². The van der Waals surface area contributed by atoms with Crippen LogP contribution in [0.5, 0.6) is 0 Å². The third kappa shape index (κ3) is 7.83. The van der Waals surface area contributed by atoms with Crippen LogP contribution in [0.1, 0.15) is 32.3 Å². The van der Waals surface area contributed by atoms with Crippen molar-refractivity contribution in [3.8, 4) is 0 Å². The lowest BCUT2D eigenvalue weighted by molar-refractivity contribution is -0.123. The molecule has 0 saturated carbocycles. The highest BCUT2D eigenvalue weighted by Gasteiger charge is 2.19. The Labute approximate surface area is 173 Å². The molecule has 2 aromatic carbocycles. The number of hydrogen-bond acceptors (Lipinski definition) is 4. The van der Waals surface area contributed by atoms with Gasteiger partial charge in [0.15, 0.2) is 9.84 Å². The average molecular weight is 415 g/mol. The second-order valence-electron chi connectivity index (χ2n) is 7.56. The molecule has 0 saturated heterocycles. The number of rotatable bonds is 10. The Morgan fingerprint density at radius 3 is 2.21 bits per heavy atom. The molecule has 6 heteroatoms. The van der Waals surface area contributed by atoms with Crippen LogP contribution in [0.4, 0.5) is 0 Å². The van der Waals surface area contributed by atoms with E-state index < -0.39 is 21.9 Å². The van der Waals surface area contributed by atoms with Crippen molar-refractivity contribution in [1.29, 1.82) is 0 Å². The summed E-state index contributed by atoms with van der Waals surface area (Å²) in [5.74, 6) is 0.0334. The van der Waals surface area contributed by atoms with Gasteiger partial charge in [-0.1, -0.05) is 68.5 Å². The normalized spacial score (nSPS) is 14.1. The van der Waals surface area contributed by atoms with Crippen molar-refractivity contribution in [2.75, 3.05) is 0 Å². The van der Waals surface area contributed by atoms with Crippen LogP contribution in [0.3, 0.4) is 0 Å². The van der Waals surface area contributed by atoms with Gasteiger partial charge in [0.05, 0.1) is 10.9 Å². The van der Waals surface area contributed by atoms with Gasteiger partial charge in [0.1, 0.15) is 0 Å². The van der Waals surface area contributed by atoms with Crippen LogP contribution in [0.25, 0.3) is 0 Å². The fraction of sp³-hybridized carbons (Fsp3) is 0.348. The summed E-state index contributed by atoms with van der Waals surface area (Å²) in [5.41, 5.74) is 7.12. The van der Waals surface area contributed by atoms with Gasteiger partial charge >= 0.3 is 0 Å². The minimum Gasteiger partial charge on any atom is -0.349 e. The van der Waals surface area contributed by atoms with Crippen LogP contribution in [-0.2, 0) is 21.1 Å². The molecule has 0 aliphatic rings. The van der Waals surface area contributed by atoms with Gasteiger partial charge in [0.2, 0.25) is 5.91 Å². The second-order valence-corrected chi connectivity index (χ2v) is 9.40. The molecule has 0 radical (unpaired) electrons. The molecular weight excluding hydrogens is 384 g/mol. The van der Waals surface area contributed by atoms with E-state index in [4.69, 9.17) is 5.73 Å². The number of hydrogen-bond donors (Lipinski definition) is 2. The fourth-order valence-electron chi connectivity index (χ4n) is 2.98. The lowest BCUT2D eigenvalue weighted by atomic mass is 10.0. The van der Waals surface area contributed by atoms with Crippen molar-refractivity contribution < 1.29 is 13.2 Å². The highest BCUT2D eigenvalue weighted by atomic mass is 32.2. The largest absolute Gasteiger partial charge is 0.349 e. The maximum absolute atomic E-state index is 12.6. The van der Waals surface area contributed by atoms with Crippen molar-refractivity contribution in [3.05, 3.63) is 77.7 Å². The Hall–Kier alpha value is -2.44. The molecule has 0 heterocycles. The summed E-state index contributed by atoms with van der Waals surface area (Å²) in [4.78, 5) is 12.7. The summed E-state index contributed by atoms with van der Waals surface area (Å²) in [7, 11) is -3.58. The van der Waals surface area contributed by atoms with E-state index in [1.165, 1.54) is 5.41 Å². The number of benzene rings is 2. The summed E-state index contributed by atoms with van der Waals surface area (Å²) in [6, 6.07) is 17.1. The second kappa shape index (κ2) is 10.9. The molecule has 0 aliphatic carbocycles. The Bertz CT molecular complexity index is 894. The molecule has 156 valence electrons. The minimum atomic E-state index is -3.58. The summed E-state index contributed by atoms with van der Waals surface area (Å²) in [6.07, 6.45) is 3.40. The van der Waals surface area contributed by atoms with E-state index in [0.29, 0.717) is 25.2 Å². The molecule has 0 spiro atoms. The molecule has 2 rings (SSSR count). The van der Waals surface area contributed by atoms with Crippen molar-refractivity contribution in [2.45, 2.75) is 50.1 Å². The molecule has 3 N–H and O–H groups in total. The number of amides is 1. The van der Waals surface area contributed by atoms with E-state index in [1.54, 1.807) is 36.4 Å². The third-order valence-corrected chi connectivity index (χ3v) is 5.98. The van der Waals surface area contributed by atoms with E-state index in [1.807, 2.05) is 44.2 Å². The van der Waals surface area contributed by atoms with Crippen LogP contribution >= 0.6 is 0 Å². The molecule has 2 unspecified atom stereocenters. The summed E-state index contributed by atoms with van der Waals surface area (Å²) in [6.45, 7) is 4.01. The molecule has 5 nitrogen and oxygen atoms in total. The predicted octanol–water partition coefficient (Wildman–Crippen LogP) is 3.47. The van der Waals surface area contributed by atoms with Gasteiger partial charge in [-0.25, -0.2) is 8.42 Å². The standard InChI is InChI=1S/C23H30N2O3S/c1-18(2)17-22(24)23(26)25-20(14-13-19-9-5-3-6-10-19)15-16-29(27,28)21-11-7-4-8-12-21/h3-12,15-16,18,20,22H,13-14,17,24H2,1-2H3,(H,25,26). The first-order valence-electron chi connectivity index (χ1n) is 9.86. The number of carbonyl (C=O) groups excluding carboxylic acids is 1. The zero-order valence-corrected chi connectivity index (χ0v) is 17.8. The first-order valence-corrected chi connectivity index (χ1v) is 11.4. The fourth-order valence-corrected chi connectivity index (χ4v) is 4.07. The quantitative estimate of drug-likeness (QED) is 0.623.